The average Bonchev–Trinajstić information content (AvgIpc) is 2.35. The Hall–Kier alpha value is -2.04. The molecule has 0 aliphatic heterocycles. The molecule has 1 unspecified atom stereocenters. The van der Waals surface area contributed by atoms with E-state index in [1.165, 1.54) is 0 Å². The first-order valence-electron chi connectivity index (χ1n) is 6.60. The summed E-state index contributed by atoms with van der Waals surface area (Å²) in [5.41, 5.74) is 2.10. The van der Waals surface area contributed by atoms with Gasteiger partial charge in [-0.2, -0.15) is 0 Å². The highest BCUT2D eigenvalue weighted by Gasteiger charge is 2.11. The monoisotopic (exact) mass is 279 g/mol. The Morgan fingerprint density at radius 1 is 1.25 bits per heavy atom. The number of carbonyl (C=O) groups excluding carboxylic acids is 1. The summed E-state index contributed by atoms with van der Waals surface area (Å²) < 4.78 is 5.72. The van der Waals surface area contributed by atoms with Crippen molar-refractivity contribution in [3.63, 3.8) is 0 Å². The maximum Gasteiger partial charge on any atom is 0.303 e. The van der Waals surface area contributed by atoms with Crippen molar-refractivity contribution in [3.8, 4) is 5.75 Å². The molecule has 0 fully saturated rings. The molecule has 5 nitrogen and oxygen atoms in total. The molecule has 0 radical (unpaired) electrons. The van der Waals surface area contributed by atoms with Crippen LogP contribution in [0.5, 0.6) is 5.75 Å². The number of carbonyl (C=O) groups is 2. The highest BCUT2D eigenvalue weighted by atomic mass is 16.5. The first-order valence-corrected chi connectivity index (χ1v) is 6.60. The van der Waals surface area contributed by atoms with Gasteiger partial charge in [-0.15, -0.1) is 0 Å². The fourth-order valence-electron chi connectivity index (χ4n) is 1.84. The summed E-state index contributed by atoms with van der Waals surface area (Å²) in [7, 11) is 0. The maximum atomic E-state index is 11.5. The van der Waals surface area contributed by atoms with Crippen molar-refractivity contribution in [3.05, 3.63) is 29.3 Å². The minimum Gasteiger partial charge on any atom is -0.491 e. The molecule has 0 aliphatic carbocycles. The van der Waals surface area contributed by atoms with Crippen molar-refractivity contribution in [1.29, 1.82) is 0 Å². The second-order valence-corrected chi connectivity index (χ2v) is 4.89. The number of carboxylic acid groups (broad SMARTS) is 1. The standard InChI is InChI=1S/C15H21NO4/c1-10-5-4-6-11(2)15(10)20-9-12(3)16-13(17)7-8-14(18)19/h4-6,12H,7-9H2,1-3H3,(H,16,17)(H,18,19). The number of hydrogen-bond donors (Lipinski definition) is 2. The van der Waals surface area contributed by atoms with E-state index in [4.69, 9.17) is 9.84 Å². The number of para-hydroxylation sites is 1. The lowest BCUT2D eigenvalue weighted by Gasteiger charge is -2.17. The van der Waals surface area contributed by atoms with Crippen LogP contribution in [0.25, 0.3) is 0 Å². The van der Waals surface area contributed by atoms with Crippen molar-refractivity contribution in [2.24, 2.45) is 0 Å². The molecule has 0 saturated heterocycles. The molecule has 110 valence electrons. The second-order valence-electron chi connectivity index (χ2n) is 4.89. The molecule has 1 rings (SSSR count). The number of carboxylic acids is 1. The summed E-state index contributed by atoms with van der Waals surface area (Å²) in [4.78, 5) is 21.8. The number of nitrogens with one attached hydrogen (secondary N) is 1. The van der Waals surface area contributed by atoms with Crippen LogP contribution in [0.15, 0.2) is 18.2 Å². The molecule has 1 aromatic rings. The minimum absolute atomic E-state index is 0.0108. The van der Waals surface area contributed by atoms with Crippen molar-refractivity contribution < 1.29 is 19.4 Å². The number of amides is 1. The first kappa shape index (κ1) is 16.0. The Morgan fingerprint density at radius 3 is 2.40 bits per heavy atom. The smallest absolute Gasteiger partial charge is 0.303 e. The van der Waals surface area contributed by atoms with Crippen LogP contribution in [0, 0.1) is 13.8 Å². The van der Waals surface area contributed by atoms with Gasteiger partial charge in [0.15, 0.2) is 0 Å². The SMILES string of the molecule is Cc1cccc(C)c1OCC(C)NC(=O)CCC(=O)O. The predicted octanol–water partition coefficient (Wildman–Crippen LogP) is 2.05. The Balaban J connectivity index is 2.41. The van der Waals surface area contributed by atoms with Crippen LogP contribution in [-0.4, -0.2) is 29.6 Å². The van der Waals surface area contributed by atoms with Gasteiger partial charge >= 0.3 is 5.97 Å². The number of benzene rings is 1. The maximum absolute atomic E-state index is 11.5. The minimum atomic E-state index is -0.973. The van der Waals surface area contributed by atoms with Crippen molar-refractivity contribution >= 4 is 11.9 Å². The third-order valence-corrected chi connectivity index (χ3v) is 2.86. The van der Waals surface area contributed by atoms with E-state index in [0.717, 1.165) is 16.9 Å². The summed E-state index contributed by atoms with van der Waals surface area (Å²) >= 11 is 0. The second kappa shape index (κ2) is 7.53. The van der Waals surface area contributed by atoms with Crippen LogP contribution in [0.3, 0.4) is 0 Å². The van der Waals surface area contributed by atoms with Crippen LogP contribution < -0.4 is 10.1 Å². The zero-order valence-electron chi connectivity index (χ0n) is 12.1. The van der Waals surface area contributed by atoms with Gasteiger partial charge in [-0.25, -0.2) is 0 Å². The average molecular weight is 279 g/mol. The highest BCUT2D eigenvalue weighted by Crippen LogP contribution is 2.22. The molecule has 0 saturated carbocycles. The molecule has 0 aromatic heterocycles. The van der Waals surface area contributed by atoms with E-state index >= 15 is 0 Å². The van der Waals surface area contributed by atoms with Crippen LogP contribution >= 0.6 is 0 Å². The van der Waals surface area contributed by atoms with E-state index in [-0.39, 0.29) is 24.8 Å². The molecule has 2 N–H and O–H groups in total. The summed E-state index contributed by atoms with van der Waals surface area (Å²) in [6.07, 6.45) is -0.167. The third-order valence-electron chi connectivity index (χ3n) is 2.86. The molecule has 0 spiro atoms. The van der Waals surface area contributed by atoms with E-state index in [0.29, 0.717) is 6.61 Å². The van der Waals surface area contributed by atoms with Crippen LogP contribution in [0.2, 0.25) is 0 Å². The molecule has 1 aromatic carbocycles. The summed E-state index contributed by atoms with van der Waals surface area (Å²) in [6, 6.07) is 5.74. The molecule has 5 heteroatoms. The van der Waals surface area contributed by atoms with Gasteiger partial charge in [-0.05, 0) is 31.9 Å². The Kier molecular flexibility index (Phi) is 6.03. The number of ether oxygens (including phenoxy) is 1. The molecule has 1 amide bonds. The molecule has 0 bridgehead atoms. The van der Waals surface area contributed by atoms with Gasteiger partial charge in [0.2, 0.25) is 5.91 Å². The van der Waals surface area contributed by atoms with Gasteiger partial charge in [0.1, 0.15) is 12.4 Å². The highest BCUT2D eigenvalue weighted by molar-refractivity contribution is 5.80. The van der Waals surface area contributed by atoms with E-state index in [2.05, 4.69) is 5.32 Å². The Bertz CT molecular complexity index is 465. The van der Waals surface area contributed by atoms with Crippen molar-refractivity contribution in [2.75, 3.05) is 6.61 Å². The molecule has 0 aliphatic rings. The first-order chi connectivity index (χ1) is 9.40. The van der Waals surface area contributed by atoms with Gasteiger partial charge < -0.3 is 15.2 Å². The molecule has 1 atom stereocenters. The zero-order valence-corrected chi connectivity index (χ0v) is 12.1. The largest absolute Gasteiger partial charge is 0.491 e. The molecular formula is C15H21NO4. The Morgan fingerprint density at radius 2 is 1.85 bits per heavy atom. The summed E-state index contributed by atoms with van der Waals surface area (Å²) in [5.74, 6) is -0.413. The van der Waals surface area contributed by atoms with Crippen LogP contribution in [-0.2, 0) is 9.59 Å². The van der Waals surface area contributed by atoms with Crippen LogP contribution in [0.1, 0.15) is 30.9 Å². The lowest BCUT2D eigenvalue weighted by Crippen LogP contribution is -2.37. The van der Waals surface area contributed by atoms with E-state index < -0.39 is 5.97 Å². The number of rotatable bonds is 7. The summed E-state index contributed by atoms with van der Waals surface area (Å²) in [5, 5.41) is 11.2. The third kappa shape index (κ3) is 5.30. The van der Waals surface area contributed by atoms with Gasteiger partial charge in [0, 0.05) is 6.42 Å². The zero-order chi connectivity index (χ0) is 15.1. The summed E-state index contributed by atoms with van der Waals surface area (Å²) in [6.45, 7) is 6.12. The van der Waals surface area contributed by atoms with Gasteiger partial charge in [0.05, 0.1) is 12.5 Å². The Labute approximate surface area is 118 Å². The molecule has 0 heterocycles. The fraction of sp³-hybridized carbons (Fsp3) is 0.467. The van der Waals surface area contributed by atoms with E-state index in [1.54, 1.807) is 0 Å². The normalized spacial score (nSPS) is 11.8. The topological polar surface area (TPSA) is 75.6 Å². The van der Waals surface area contributed by atoms with Crippen LogP contribution in [0.4, 0.5) is 0 Å². The number of hydrogen-bond acceptors (Lipinski definition) is 3. The lowest BCUT2D eigenvalue weighted by molar-refractivity contribution is -0.138. The molecule has 20 heavy (non-hydrogen) atoms. The van der Waals surface area contributed by atoms with Gasteiger partial charge in [-0.3, -0.25) is 9.59 Å². The van der Waals surface area contributed by atoms with Crippen molar-refractivity contribution in [2.45, 2.75) is 39.7 Å². The fourth-order valence-corrected chi connectivity index (χ4v) is 1.84. The van der Waals surface area contributed by atoms with E-state index in [9.17, 15) is 9.59 Å². The quantitative estimate of drug-likeness (QED) is 0.801. The predicted molar refractivity (Wildman–Crippen MR) is 75.9 cm³/mol. The van der Waals surface area contributed by atoms with E-state index in [1.807, 2.05) is 39.0 Å². The lowest BCUT2D eigenvalue weighted by atomic mass is 10.1. The van der Waals surface area contributed by atoms with Gasteiger partial charge in [0.25, 0.3) is 0 Å². The number of aliphatic carboxylic acids is 1. The van der Waals surface area contributed by atoms with Gasteiger partial charge in [-0.1, -0.05) is 18.2 Å². The van der Waals surface area contributed by atoms with Crippen molar-refractivity contribution in [1.82, 2.24) is 5.32 Å². The number of aryl methyl sites for hydroxylation is 2. The molecular weight excluding hydrogens is 258 g/mol.